The zero-order valence-electron chi connectivity index (χ0n) is 11.9. The summed E-state index contributed by atoms with van der Waals surface area (Å²) in [5, 5.41) is 3.00. The molecular formula is C14H23N3O2. The molecule has 1 aliphatic rings. The summed E-state index contributed by atoms with van der Waals surface area (Å²) in [6, 6.07) is 4.44. The van der Waals surface area contributed by atoms with Crippen LogP contribution in [0.3, 0.4) is 0 Å². The van der Waals surface area contributed by atoms with E-state index in [4.69, 9.17) is 4.74 Å². The Bertz CT molecular complexity index is 430. The summed E-state index contributed by atoms with van der Waals surface area (Å²) < 4.78 is 7.26. The molecule has 1 fully saturated rings. The van der Waals surface area contributed by atoms with Crippen molar-refractivity contribution in [2.75, 3.05) is 26.3 Å². The van der Waals surface area contributed by atoms with Gasteiger partial charge < -0.3 is 14.6 Å². The number of nitrogens with zero attached hydrogens (tertiary/aromatic N) is 2. The molecule has 106 valence electrons. The van der Waals surface area contributed by atoms with Crippen LogP contribution in [0.2, 0.25) is 0 Å². The Morgan fingerprint density at radius 1 is 1.63 bits per heavy atom. The monoisotopic (exact) mass is 265 g/mol. The Balaban J connectivity index is 1.84. The second kappa shape index (κ2) is 6.21. The Kier molecular flexibility index (Phi) is 4.61. The van der Waals surface area contributed by atoms with Crippen LogP contribution in [-0.4, -0.2) is 53.8 Å². The molecule has 1 N–H and O–H groups in total. The number of hydrogen-bond donors (Lipinski definition) is 1. The Hall–Kier alpha value is -1.33. The predicted octanol–water partition coefficient (Wildman–Crippen LogP) is 0.864. The Morgan fingerprint density at radius 2 is 2.42 bits per heavy atom. The van der Waals surface area contributed by atoms with Gasteiger partial charge in [0.1, 0.15) is 5.69 Å². The molecule has 1 amide bonds. The van der Waals surface area contributed by atoms with Gasteiger partial charge in [-0.3, -0.25) is 9.69 Å². The van der Waals surface area contributed by atoms with Crippen molar-refractivity contribution in [2.45, 2.75) is 25.9 Å². The maximum absolute atomic E-state index is 12.0. The number of aromatic nitrogens is 1. The minimum absolute atomic E-state index is 0.0136. The van der Waals surface area contributed by atoms with Gasteiger partial charge in [-0.2, -0.15) is 0 Å². The molecule has 1 saturated heterocycles. The van der Waals surface area contributed by atoms with Crippen LogP contribution in [0, 0.1) is 0 Å². The van der Waals surface area contributed by atoms with E-state index in [9.17, 15) is 4.79 Å². The maximum atomic E-state index is 12.0. The van der Waals surface area contributed by atoms with Crippen LogP contribution < -0.4 is 5.32 Å². The summed E-state index contributed by atoms with van der Waals surface area (Å²) >= 11 is 0. The maximum Gasteiger partial charge on any atom is 0.267 e. The minimum atomic E-state index is -0.0136. The summed E-state index contributed by atoms with van der Waals surface area (Å²) in [5.41, 5.74) is 0.697. The lowest BCUT2D eigenvalue weighted by atomic mass is 10.2. The summed E-state index contributed by atoms with van der Waals surface area (Å²) in [7, 11) is 1.88. The van der Waals surface area contributed by atoms with Crippen molar-refractivity contribution < 1.29 is 9.53 Å². The molecule has 1 aliphatic heterocycles. The fourth-order valence-electron chi connectivity index (χ4n) is 2.54. The van der Waals surface area contributed by atoms with Crippen molar-refractivity contribution >= 4 is 5.91 Å². The number of carbonyl (C=O) groups is 1. The lowest BCUT2D eigenvalue weighted by Gasteiger charge is -2.37. The molecule has 5 heteroatoms. The van der Waals surface area contributed by atoms with Gasteiger partial charge in [-0.05, 0) is 26.0 Å². The number of aryl methyl sites for hydroxylation is 1. The SMILES string of the molecule is C[C@@H](CNC(=O)c1cccn1C)N1CCOC[C@@H]1C. The highest BCUT2D eigenvalue weighted by atomic mass is 16.5. The van der Waals surface area contributed by atoms with Crippen LogP contribution in [0.15, 0.2) is 18.3 Å². The number of rotatable bonds is 4. The summed E-state index contributed by atoms with van der Waals surface area (Å²) in [5.74, 6) is -0.0136. The minimum Gasteiger partial charge on any atom is -0.379 e. The molecule has 0 radical (unpaired) electrons. The van der Waals surface area contributed by atoms with E-state index in [1.165, 1.54) is 0 Å². The first-order valence-electron chi connectivity index (χ1n) is 6.82. The highest BCUT2D eigenvalue weighted by molar-refractivity contribution is 5.92. The molecule has 2 atom stereocenters. The number of ether oxygens (including phenoxy) is 1. The molecule has 0 aromatic carbocycles. The largest absolute Gasteiger partial charge is 0.379 e. The number of amides is 1. The van der Waals surface area contributed by atoms with E-state index in [-0.39, 0.29) is 5.91 Å². The molecule has 0 aliphatic carbocycles. The molecule has 1 aromatic heterocycles. The van der Waals surface area contributed by atoms with E-state index in [1.54, 1.807) is 0 Å². The van der Waals surface area contributed by atoms with E-state index in [1.807, 2.05) is 29.9 Å². The number of hydrogen-bond acceptors (Lipinski definition) is 3. The highest BCUT2D eigenvalue weighted by Crippen LogP contribution is 2.10. The second-order valence-corrected chi connectivity index (χ2v) is 5.23. The highest BCUT2D eigenvalue weighted by Gasteiger charge is 2.24. The summed E-state index contributed by atoms with van der Waals surface area (Å²) in [6.45, 7) is 7.45. The molecule has 0 spiro atoms. The molecule has 1 aromatic rings. The molecule has 19 heavy (non-hydrogen) atoms. The third-order valence-electron chi connectivity index (χ3n) is 3.72. The summed E-state index contributed by atoms with van der Waals surface area (Å²) in [6.07, 6.45) is 1.88. The first kappa shape index (κ1) is 14.1. The average molecular weight is 265 g/mol. The zero-order valence-corrected chi connectivity index (χ0v) is 11.9. The molecule has 0 bridgehead atoms. The average Bonchev–Trinajstić information content (AvgIpc) is 2.82. The van der Waals surface area contributed by atoms with Gasteiger partial charge in [0.2, 0.25) is 0 Å². The van der Waals surface area contributed by atoms with Crippen molar-refractivity contribution in [1.82, 2.24) is 14.8 Å². The van der Waals surface area contributed by atoms with Crippen LogP contribution in [0.1, 0.15) is 24.3 Å². The molecule has 2 heterocycles. The molecule has 0 unspecified atom stereocenters. The normalized spacial score (nSPS) is 22.2. The lowest BCUT2D eigenvalue weighted by Crippen LogP contribution is -2.52. The van der Waals surface area contributed by atoms with Gasteiger partial charge in [0.25, 0.3) is 5.91 Å². The molecule has 0 saturated carbocycles. The van der Waals surface area contributed by atoms with E-state index in [0.29, 0.717) is 24.3 Å². The van der Waals surface area contributed by atoms with Crippen molar-refractivity contribution in [2.24, 2.45) is 7.05 Å². The van der Waals surface area contributed by atoms with E-state index < -0.39 is 0 Å². The Labute approximate surface area is 114 Å². The zero-order chi connectivity index (χ0) is 13.8. The van der Waals surface area contributed by atoms with E-state index >= 15 is 0 Å². The predicted molar refractivity (Wildman–Crippen MR) is 74.2 cm³/mol. The van der Waals surface area contributed by atoms with E-state index in [0.717, 1.165) is 19.8 Å². The van der Waals surface area contributed by atoms with Crippen LogP contribution in [0.25, 0.3) is 0 Å². The molecule has 5 nitrogen and oxygen atoms in total. The Morgan fingerprint density at radius 3 is 3.05 bits per heavy atom. The third-order valence-corrected chi connectivity index (χ3v) is 3.72. The van der Waals surface area contributed by atoms with Gasteiger partial charge in [-0.1, -0.05) is 0 Å². The first-order chi connectivity index (χ1) is 9.09. The fraction of sp³-hybridized carbons (Fsp3) is 0.643. The van der Waals surface area contributed by atoms with E-state index in [2.05, 4.69) is 24.1 Å². The fourth-order valence-corrected chi connectivity index (χ4v) is 2.54. The first-order valence-corrected chi connectivity index (χ1v) is 6.82. The number of morpholine rings is 1. The number of carbonyl (C=O) groups excluding carboxylic acids is 1. The third kappa shape index (κ3) is 3.36. The molecule has 2 rings (SSSR count). The van der Waals surface area contributed by atoms with Crippen molar-refractivity contribution in [3.63, 3.8) is 0 Å². The van der Waals surface area contributed by atoms with Crippen LogP contribution in [-0.2, 0) is 11.8 Å². The quantitative estimate of drug-likeness (QED) is 0.878. The smallest absolute Gasteiger partial charge is 0.267 e. The van der Waals surface area contributed by atoms with Gasteiger partial charge >= 0.3 is 0 Å². The lowest BCUT2D eigenvalue weighted by molar-refractivity contribution is -0.0178. The number of nitrogens with one attached hydrogen (secondary N) is 1. The topological polar surface area (TPSA) is 46.5 Å². The van der Waals surface area contributed by atoms with Gasteiger partial charge in [0.15, 0.2) is 0 Å². The van der Waals surface area contributed by atoms with Crippen LogP contribution in [0.4, 0.5) is 0 Å². The van der Waals surface area contributed by atoms with Crippen LogP contribution >= 0.6 is 0 Å². The van der Waals surface area contributed by atoms with Crippen LogP contribution in [0.5, 0.6) is 0 Å². The van der Waals surface area contributed by atoms with Gasteiger partial charge in [-0.15, -0.1) is 0 Å². The van der Waals surface area contributed by atoms with Crippen molar-refractivity contribution in [1.29, 1.82) is 0 Å². The van der Waals surface area contributed by atoms with Gasteiger partial charge in [0.05, 0.1) is 13.2 Å². The molecular weight excluding hydrogens is 242 g/mol. The summed E-state index contributed by atoms with van der Waals surface area (Å²) in [4.78, 5) is 14.4. The van der Waals surface area contributed by atoms with Crippen molar-refractivity contribution in [3.8, 4) is 0 Å². The van der Waals surface area contributed by atoms with Gasteiger partial charge in [-0.25, -0.2) is 0 Å². The second-order valence-electron chi connectivity index (χ2n) is 5.23. The van der Waals surface area contributed by atoms with Crippen molar-refractivity contribution in [3.05, 3.63) is 24.0 Å². The standard InChI is InChI=1S/C14H23N3O2/c1-11(17-7-8-19-10-12(17)2)9-15-14(18)13-5-4-6-16(13)3/h4-6,11-12H,7-10H2,1-3H3,(H,15,18)/t11-,12-/m0/s1. The van der Waals surface area contributed by atoms with Gasteiger partial charge in [0, 0.05) is 38.4 Å².